The molecule has 0 aliphatic carbocycles. The molecule has 0 radical (unpaired) electrons. The standard InChI is InChI=1S/C25H27FN4O5/c1-15-9-23(28-29(15)3)27-24(32)18-10-19(34-16(2)14-31)13-20(11-18)35-22-6-5-17(12-21(22)26)25(33)30-7-4-8-30/h5-6,9-13,16,31H,4,7-8,14H2,1-3H3,(H,27,28,32)/t16-/m0/s1. The Kier molecular flexibility index (Phi) is 7.02. The number of nitrogens with one attached hydrogen (secondary N) is 1. The number of aliphatic hydroxyl groups is 1. The van der Waals surface area contributed by atoms with Gasteiger partial charge in [-0.1, -0.05) is 0 Å². The van der Waals surface area contributed by atoms with E-state index in [2.05, 4.69) is 10.4 Å². The molecule has 1 saturated heterocycles. The summed E-state index contributed by atoms with van der Waals surface area (Å²) in [5, 5.41) is 16.3. The molecule has 10 heteroatoms. The molecule has 4 rings (SSSR count). The van der Waals surface area contributed by atoms with E-state index in [-0.39, 0.29) is 40.9 Å². The van der Waals surface area contributed by atoms with Crippen molar-refractivity contribution in [3.8, 4) is 17.2 Å². The average molecular weight is 483 g/mol. The van der Waals surface area contributed by atoms with Gasteiger partial charge in [-0.15, -0.1) is 0 Å². The van der Waals surface area contributed by atoms with E-state index in [0.717, 1.165) is 18.2 Å². The maximum absolute atomic E-state index is 14.8. The van der Waals surface area contributed by atoms with E-state index in [9.17, 15) is 19.1 Å². The average Bonchev–Trinajstić information content (AvgIpc) is 3.10. The number of anilines is 1. The molecule has 1 aromatic heterocycles. The van der Waals surface area contributed by atoms with Crippen LogP contribution in [-0.2, 0) is 7.05 Å². The third-order valence-electron chi connectivity index (χ3n) is 5.64. The zero-order valence-electron chi connectivity index (χ0n) is 19.7. The Morgan fingerprint density at radius 3 is 2.49 bits per heavy atom. The van der Waals surface area contributed by atoms with Gasteiger partial charge in [0, 0.05) is 49.1 Å². The highest BCUT2D eigenvalue weighted by Crippen LogP contribution is 2.31. The summed E-state index contributed by atoms with van der Waals surface area (Å²) in [5.74, 6) is -0.719. The van der Waals surface area contributed by atoms with Gasteiger partial charge in [0.05, 0.1) is 6.61 Å². The third-order valence-corrected chi connectivity index (χ3v) is 5.64. The zero-order valence-corrected chi connectivity index (χ0v) is 19.7. The van der Waals surface area contributed by atoms with Gasteiger partial charge in [-0.05, 0) is 50.6 Å². The fraction of sp³-hybridized carbons (Fsp3) is 0.320. The first kappa shape index (κ1) is 24.2. The van der Waals surface area contributed by atoms with Crippen LogP contribution in [0.1, 0.15) is 39.8 Å². The first-order chi connectivity index (χ1) is 16.7. The topological polar surface area (TPSA) is 106 Å². The normalized spacial score (nSPS) is 13.7. The Bertz CT molecular complexity index is 1240. The second-order valence-corrected chi connectivity index (χ2v) is 8.45. The molecule has 2 heterocycles. The lowest BCUT2D eigenvalue weighted by Crippen LogP contribution is -2.42. The van der Waals surface area contributed by atoms with Gasteiger partial charge in [0.25, 0.3) is 11.8 Å². The van der Waals surface area contributed by atoms with Gasteiger partial charge in [-0.3, -0.25) is 14.3 Å². The van der Waals surface area contributed by atoms with Crippen molar-refractivity contribution >= 4 is 17.6 Å². The largest absolute Gasteiger partial charge is 0.488 e. The van der Waals surface area contributed by atoms with Crippen molar-refractivity contribution in [3.05, 3.63) is 65.1 Å². The molecule has 0 saturated carbocycles. The summed E-state index contributed by atoms with van der Waals surface area (Å²) >= 11 is 0. The minimum atomic E-state index is -0.707. The Hall–Kier alpha value is -3.92. The highest BCUT2D eigenvalue weighted by molar-refractivity contribution is 6.04. The van der Waals surface area contributed by atoms with Gasteiger partial charge in [0.15, 0.2) is 17.4 Å². The van der Waals surface area contributed by atoms with E-state index >= 15 is 0 Å². The summed E-state index contributed by atoms with van der Waals surface area (Å²) < 4.78 is 27.8. The quantitative estimate of drug-likeness (QED) is 0.509. The first-order valence-corrected chi connectivity index (χ1v) is 11.2. The molecular weight excluding hydrogens is 455 g/mol. The van der Waals surface area contributed by atoms with Crippen molar-refractivity contribution in [1.82, 2.24) is 14.7 Å². The van der Waals surface area contributed by atoms with Crippen LogP contribution in [0.3, 0.4) is 0 Å². The second-order valence-electron chi connectivity index (χ2n) is 8.45. The maximum atomic E-state index is 14.8. The number of halogens is 1. The molecule has 2 aromatic carbocycles. The summed E-state index contributed by atoms with van der Waals surface area (Å²) in [5.41, 5.74) is 1.30. The van der Waals surface area contributed by atoms with Crippen LogP contribution in [0.4, 0.5) is 10.2 Å². The number of carbonyl (C=O) groups is 2. The number of aliphatic hydroxyl groups excluding tert-OH is 1. The smallest absolute Gasteiger partial charge is 0.257 e. The van der Waals surface area contributed by atoms with Gasteiger partial charge < -0.3 is 24.8 Å². The number of rotatable bonds is 8. The number of aryl methyl sites for hydroxylation is 2. The zero-order chi connectivity index (χ0) is 25.1. The number of benzene rings is 2. The number of ether oxygens (including phenoxy) is 2. The molecular formula is C25H27FN4O5. The van der Waals surface area contributed by atoms with Crippen molar-refractivity contribution in [1.29, 1.82) is 0 Å². The molecule has 1 atom stereocenters. The number of hydrogen-bond acceptors (Lipinski definition) is 6. The lowest BCUT2D eigenvalue weighted by Gasteiger charge is -2.30. The second kappa shape index (κ2) is 10.1. The van der Waals surface area contributed by atoms with E-state index in [1.165, 1.54) is 30.3 Å². The van der Waals surface area contributed by atoms with Gasteiger partial charge in [-0.25, -0.2) is 4.39 Å². The molecule has 1 aliphatic heterocycles. The van der Waals surface area contributed by atoms with E-state index in [1.807, 2.05) is 6.92 Å². The lowest BCUT2D eigenvalue weighted by molar-refractivity contribution is 0.0651. The molecule has 3 aromatic rings. The van der Waals surface area contributed by atoms with Crippen LogP contribution in [0.2, 0.25) is 0 Å². The SMILES string of the molecule is Cc1cc(NC(=O)c2cc(Oc3ccc(C(=O)N4CCC4)cc3F)cc(O[C@@H](C)CO)c2)nn1C. The summed E-state index contributed by atoms with van der Waals surface area (Å²) in [4.78, 5) is 26.9. The number of hydrogen-bond donors (Lipinski definition) is 2. The number of aromatic nitrogens is 2. The van der Waals surface area contributed by atoms with Crippen molar-refractivity contribution in [3.63, 3.8) is 0 Å². The Morgan fingerprint density at radius 1 is 1.14 bits per heavy atom. The molecule has 9 nitrogen and oxygen atoms in total. The molecule has 0 bridgehead atoms. The van der Waals surface area contributed by atoms with Crippen molar-refractivity contribution in [2.45, 2.75) is 26.4 Å². The molecule has 1 aliphatic rings. The van der Waals surface area contributed by atoms with E-state index in [1.54, 1.807) is 29.6 Å². The fourth-order valence-electron chi connectivity index (χ4n) is 3.46. The van der Waals surface area contributed by atoms with E-state index < -0.39 is 17.8 Å². The molecule has 0 unspecified atom stereocenters. The Morgan fingerprint density at radius 2 is 1.89 bits per heavy atom. The summed E-state index contributed by atoms with van der Waals surface area (Å²) in [6.07, 6.45) is 0.404. The molecule has 184 valence electrons. The van der Waals surface area contributed by atoms with Crippen molar-refractivity contribution in [2.24, 2.45) is 7.05 Å². The van der Waals surface area contributed by atoms with E-state index in [0.29, 0.717) is 18.9 Å². The van der Waals surface area contributed by atoms with E-state index in [4.69, 9.17) is 9.47 Å². The van der Waals surface area contributed by atoms with Crippen LogP contribution < -0.4 is 14.8 Å². The van der Waals surface area contributed by atoms with Crippen LogP contribution in [0.25, 0.3) is 0 Å². The highest BCUT2D eigenvalue weighted by atomic mass is 19.1. The molecule has 2 N–H and O–H groups in total. The van der Waals surface area contributed by atoms with Gasteiger partial charge in [0.1, 0.15) is 17.6 Å². The predicted octanol–water partition coefficient (Wildman–Crippen LogP) is 3.52. The van der Waals surface area contributed by atoms with Crippen molar-refractivity contribution in [2.75, 3.05) is 25.0 Å². The number of amides is 2. The number of carbonyl (C=O) groups excluding carboxylic acids is 2. The maximum Gasteiger partial charge on any atom is 0.257 e. The third kappa shape index (κ3) is 5.60. The summed E-state index contributed by atoms with van der Waals surface area (Å²) in [6.45, 7) is 4.62. The summed E-state index contributed by atoms with van der Waals surface area (Å²) in [6, 6.07) is 10.2. The fourth-order valence-corrected chi connectivity index (χ4v) is 3.46. The van der Waals surface area contributed by atoms with Crippen LogP contribution in [0.15, 0.2) is 42.5 Å². The summed E-state index contributed by atoms with van der Waals surface area (Å²) in [7, 11) is 1.76. The lowest BCUT2D eigenvalue weighted by atomic mass is 10.1. The molecule has 0 spiro atoms. The van der Waals surface area contributed by atoms with Crippen LogP contribution in [0.5, 0.6) is 17.2 Å². The van der Waals surface area contributed by atoms with Crippen LogP contribution in [0, 0.1) is 12.7 Å². The van der Waals surface area contributed by atoms with Gasteiger partial charge in [0.2, 0.25) is 0 Å². The molecule has 2 amide bonds. The molecule has 1 fully saturated rings. The minimum Gasteiger partial charge on any atom is -0.488 e. The predicted molar refractivity (Wildman–Crippen MR) is 127 cm³/mol. The minimum absolute atomic E-state index is 0.107. The monoisotopic (exact) mass is 482 g/mol. The highest BCUT2D eigenvalue weighted by Gasteiger charge is 2.23. The van der Waals surface area contributed by atoms with Crippen LogP contribution in [-0.4, -0.2) is 57.4 Å². The number of nitrogens with zero attached hydrogens (tertiary/aromatic N) is 3. The van der Waals surface area contributed by atoms with Gasteiger partial charge in [-0.2, -0.15) is 5.10 Å². The molecule has 35 heavy (non-hydrogen) atoms. The first-order valence-electron chi connectivity index (χ1n) is 11.2. The van der Waals surface area contributed by atoms with Gasteiger partial charge >= 0.3 is 0 Å². The Labute approximate surface area is 202 Å². The van der Waals surface area contributed by atoms with Crippen molar-refractivity contribution < 1.29 is 28.6 Å². The number of likely N-dealkylation sites (tertiary alicyclic amines) is 1. The van der Waals surface area contributed by atoms with Crippen LogP contribution >= 0.6 is 0 Å². The Balaban J connectivity index is 1.58.